The van der Waals surface area contributed by atoms with Gasteiger partial charge in [-0.05, 0) is 12.1 Å². The largest absolute Gasteiger partial charge is 0.478 e. The quantitative estimate of drug-likeness (QED) is 0.806. The smallest absolute Gasteiger partial charge is 0.336 e. The van der Waals surface area contributed by atoms with Crippen LogP contribution < -0.4 is 0 Å². The second-order valence-electron chi connectivity index (χ2n) is 2.59. The van der Waals surface area contributed by atoms with E-state index in [4.69, 9.17) is 21.8 Å². The van der Waals surface area contributed by atoms with Crippen LogP contribution >= 0.6 is 11.6 Å². The van der Waals surface area contributed by atoms with Gasteiger partial charge < -0.3 is 10.2 Å². The van der Waals surface area contributed by atoms with Gasteiger partial charge in [0.05, 0.1) is 12.2 Å². The van der Waals surface area contributed by atoms with Gasteiger partial charge in [-0.2, -0.15) is 0 Å². The Balaban J connectivity index is 3.22. The van der Waals surface area contributed by atoms with Gasteiger partial charge in [-0.25, -0.2) is 4.79 Å². The van der Waals surface area contributed by atoms with Crippen LogP contribution in [0.15, 0.2) is 24.3 Å². The van der Waals surface area contributed by atoms with E-state index < -0.39 is 5.97 Å². The monoisotopic (exact) mass is 212 g/mol. The van der Waals surface area contributed by atoms with Crippen LogP contribution in [0.2, 0.25) is 5.02 Å². The van der Waals surface area contributed by atoms with Crippen molar-refractivity contribution in [2.45, 2.75) is 0 Å². The second kappa shape index (κ2) is 4.79. The van der Waals surface area contributed by atoms with Crippen molar-refractivity contribution in [3.63, 3.8) is 0 Å². The minimum Gasteiger partial charge on any atom is -0.478 e. The zero-order valence-corrected chi connectivity index (χ0v) is 8.03. The Morgan fingerprint density at radius 3 is 2.79 bits per heavy atom. The van der Waals surface area contributed by atoms with Gasteiger partial charge in [-0.1, -0.05) is 29.8 Å². The Morgan fingerprint density at radius 2 is 2.21 bits per heavy atom. The number of rotatable bonds is 3. The molecule has 0 radical (unpaired) electrons. The number of aromatic carboxylic acids is 1. The molecule has 1 aromatic carbocycles. The van der Waals surface area contributed by atoms with Crippen molar-refractivity contribution in [1.82, 2.24) is 0 Å². The van der Waals surface area contributed by atoms with E-state index in [-0.39, 0.29) is 12.2 Å². The molecule has 0 aliphatic carbocycles. The standard InChI is InChI=1S/C10H9ClO3/c11-9-5-1-3-8(10(13)14)7(9)4-2-6-12/h1-5,12H,6H2,(H,13,14). The number of benzene rings is 1. The first-order chi connectivity index (χ1) is 6.66. The zero-order chi connectivity index (χ0) is 10.6. The summed E-state index contributed by atoms with van der Waals surface area (Å²) < 4.78 is 0. The topological polar surface area (TPSA) is 57.5 Å². The number of carboxylic acids is 1. The molecule has 0 aliphatic heterocycles. The Morgan fingerprint density at radius 1 is 1.50 bits per heavy atom. The molecule has 1 rings (SSSR count). The molecule has 1 aromatic rings. The van der Waals surface area contributed by atoms with E-state index in [1.54, 1.807) is 12.1 Å². The van der Waals surface area contributed by atoms with E-state index in [0.29, 0.717) is 10.6 Å². The number of carbonyl (C=O) groups is 1. The molecule has 0 saturated carbocycles. The molecule has 0 heterocycles. The minimum atomic E-state index is -1.04. The first kappa shape index (κ1) is 10.8. The van der Waals surface area contributed by atoms with Gasteiger partial charge in [0.15, 0.2) is 0 Å². The summed E-state index contributed by atoms with van der Waals surface area (Å²) in [6.07, 6.45) is 2.93. The van der Waals surface area contributed by atoms with E-state index in [9.17, 15) is 4.79 Å². The molecule has 0 fully saturated rings. The molecule has 3 nitrogen and oxygen atoms in total. The van der Waals surface area contributed by atoms with Crippen molar-refractivity contribution in [1.29, 1.82) is 0 Å². The molecule has 14 heavy (non-hydrogen) atoms. The van der Waals surface area contributed by atoms with Gasteiger partial charge in [0.25, 0.3) is 0 Å². The van der Waals surface area contributed by atoms with E-state index in [1.807, 2.05) is 0 Å². The average molecular weight is 213 g/mol. The van der Waals surface area contributed by atoms with Crippen LogP contribution in [0, 0.1) is 0 Å². The summed E-state index contributed by atoms with van der Waals surface area (Å²) in [5.74, 6) is -1.04. The average Bonchev–Trinajstić information content (AvgIpc) is 2.15. The number of aliphatic hydroxyl groups excluding tert-OH is 1. The highest BCUT2D eigenvalue weighted by Gasteiger charge is 2.09. The van der Waals surface area contributed by atoms with Gasteiger partial charge in [0, 0.05) is 10.6 Å². The molecule has 0 saturated heterocycles. The highest BCUT2D eigenvalue weighted by Crippen LogP contribution is 2.21. The molecule has 0 aromatic heterocycles. The van der Waals surface area contributed by atoms with Crippen molar-refractivity contribution in [3.8, 4) is 0 Å². The van der Waals surface area contributed by atoms with Gasteiger partial charge in [-0.3, -0.25) is 0 Å². The maximum atomic E-state index is 10.8. The highest BCUT2D eigenvalue weighted by molar-refractivity contribution is 6.32. The molecule has 0 amide bonds. The van der Waals surface area contributed by atoms with Crippen LogP contribution in [0.3, 0.4) is 0 Å². The third-order valence-electron chi connectivity index (χ3n) is 1.67. The summed E-state index contributed by atoms with van der Waals surface area (Å²) in [5, 5.41) is 17.8. The third-order valence-corrected chi connectivity index (χ3v) is 2.00. The highest BCUT2D eigenvalue weighted by atomic mass is 35.5. The van der Waals surface area contributed by atoms with Crippen molar-refractivity contribution in [2.24, 2.45) is 0 Å². The number of carboxylic acid groups (broad SMARTS) is 1. The molecular formula is C10H9ClO3. The lowest BCUT2D eigenvalue weighted by Gasteiger charge is -2.02. The van der Waals surface area contributed by atoms with Crippen LogP contribution in [-0.4, -0.2) is 22.8 Å². The molecule has 0 spiro atoms. The number of hydrogen-bond donors (Lipinski definition) is 2. The molecule has 4 heteroatoms. The van der Waals surface area contributed by atoms with Crippen molar-refractivity contribution >= 4 is 23.6 Å². The lowest BCUT2D eigenvalue weighted by Crippen LogP contribution is -1.99. The van der Waals surface area contributed by atoms with Crippen LogP contribution in [-0.2, 0) is 0 Å². The van der Waals surface area contributed by atoms with Crippen LogP contribution in [0.25, 0.3) is 6.08 Å². The SMILES string of the molecule is O=C(O)c1cccc(Cl)c1C=CCO. The molecule has 0 bridgehead atoms. The summed E-state index contributed by atoms with van der Waals surface area (Å²) in [7, 11) is 0. The normalized spacial score (nSPS) is 10.7. The van der Waals surface area contributed by atoms with E-state index >= 15 is 0 Å². The fourth-order valence-corrected chi connectivity index (χ4v) is 1.30. The van der Waals surface area contributed by atoms with Gasteiger partial charge in [-0.15, -0.1) is 0 Å². The maximum Gasteiger partial charge on any atom is 0.336 e. The summed E-state index contributed by atoms with van der Waals surface area (Å²) in [4.78, 5) is 10.8. The molecule has 0 aliphatic rings. The summed E-state index contributed by atoms with van der Waals surface area (Å²) in [5.41, 5.74) is 0.540. The summed E-state index contributed by atoms with van der Waals surface area (Å²) in [6.45, 7) is -0.149. The van der Waals surface area contributed by atoms with Crippen LogP contribution in [0.1, 0.15) is 15.9 Å². The van der Waals surface area contributed by atoms with Crippen LogP contribution in [0.5, 0.6) is 0 Å². The fourth-order valence-electron chi connectivity index (χ4n) is 1.06. The summed E-state index contributed by atoms with van der Waals surface area (Å²) in [6, 6.07) is 4.64. The van der Waals surface area contributed by atoms with E-state index in [0.717, 1.165) is 0 Å². The minimum absolute atomic E-state index is 0.127. The Kier molecular flexibility index (Phi) is 3.68. The lowest BCUT2D eigenvalue weighted by atomic mass is 10.1. The predicted octanol–water partition coefficient (Wildman–Crippen LogP) is 2.04. The lowest BCUT2D eigenvalue weighted by molar-refractivity contribution is 0.0696. The molecular weight excluding hydrogens is 204 g/mol. The van der Waals surface area contributed by atoms with Crippen molar-refractivity contribution in [2.75, 3.05) is 6.61 Å². The van der Waals surface area contributed by atoms with Gasteiger partial charge in [0.2, 0.25) is 0 Å². The number of aliphatic hydroxyl groups is 1. The Bertz CT molecular complexity index is 372. The Labute approximate surface area is 86.3 Å². The first-order valence-corrected chi connectivity index (χ1v) is 4.34. The van der Waals surface area contributed by atoms with E-state index in [1.165, 1.54) is 18.2 Å². The predicted molar refractivity (Wildman–Crippen MR) is 54.5 cm³/mol. The number of hydrogen-bond acceptors (Lipinski definition) is 2. The molecule has 74 valence electrons. The van der Waals surface area contributed by atoms with Gasteiger partial charge in [0.1, 0.15) is 0 Å². The second-order valence-corrected chi connectivity index (χ2v) is 3.00. The fraction of sp³-hybridized carbons (Fsp3) is 0.100. The first-order valence-electron chi connectivity index (χ1n) is 3.96. The third kappa shape index (κ3) is 2.34. The van der Waals surface area contributed by atoms with Crippen molar-refractivity contribution in [3.05, 3.63) is 40.4 Å². The van der Waals surface area contributed by atoms with E-state index in [2.05, 4.69) is 0 Å². The molecule has 0 unspecified atom stereocenters. The Hall–Kier alpha value is -1.32. The maximum absolute atomic E-state index is 10.8. The number of halogens is 1. The van der Waals surface area contributed by atoms with Gasteiger partial charge >= 0.3 is 5.97 Å². The zero-order valence-electron chi connectivity index (χ0n) is 7.27. The summed E-state index contributed by atoms with van der Waals surface area (Å²) >= 11 is 5.81. The van der Waals surface area contributed by atoms with Crippen LogP contribution in [0.4, 0.5) is 0 Å². The molecule has 0 atom stereocenters. The molecule has 2 N–H and O–H groups in total. The van der Waals surface area contributed by atoms with Crippen molar-refractivity contribution < 1.29 is 15.0 Å².